The van der Waals surface area contributed by atoms with Crippen LogP contribution in [0.5, 0.6) is 0 Å². The third kappa shape index (κ3) is 8.04. The number of fused-ring (bicyclic) bond motifs is 5. The third-order valence-electron chi connectivity index (χ3n) is 9.42. The Morgan fingerprint density at radius 2 is 1.24 bits per heavy atom. The Hall–Kier alpha value is -2.18. The number of halogens is 2. The Balaban J connectivity index is 0.000000253. The van der Waals surface area contributed by atoms with E-state index in [2.05, 4.69) is 141 Å². The number of hydrogen-bond donors (Lipinski definition) is 0. The van der Waals surface area contributed by atoms with Gasteiger partial charge in [-0.05, 0) is 59.8 Å². The molecule has 45 heavy (non-hydrogen) atoms. The second kappa shape index (κ2) is 14.7. The van der Waals surface area contributed by atoms with Crippen LogP contribution in [0.15, 0.2) is 90.5 Å². The molecule has 1 unspecified atom stereocenters. The van der Waals surface area contributed by atoms with Gasteiger partial charge in [-0.15, -0.1) is 46.7 Å². The Kier molecular flexibility index (Phi) is 12.2. The number of hydrogen-bond acceptors (Lipinski definition) is 0. The summed E-state index contributed by atoms with van der Waals surface area (Å²) in [6.45, 7) is 20.4. The Morgan fingerprint density at radius 1 is 0.778 bits per heavy atom. The topological polar surface area (TPSA) is 0 Å². The van der Waals surface area contributed by atoms with Crippen LogP contribution >= 0.6 is 0 Å². The molecule has 4 aromatic carbocycles. The fraction of sp³-hybridized carbons (Fsp3) is 0.333. The molecule has 0 N–H and O–H groups in total. The van der Waals surface area contributed by atoms with Gasteiger partial charge in [0.1, 0.15) is 0 Å². The molecule has 0 saturated carbocycles. The van der Waals surface area contributed by atoms with Crippen LogP contribution in [0.3, 0.4) is 0 Å². The average molecular weight is 713 g/mol. The second-order valence-corrected chi connectivity index (χ2v) is 15.9. The molecule has 0 bridgehead atoms. The molecule has 0 aromatic heterocycles. The summed E-state index contributed by atoms with van der Waals surface area (Å²) in [7, 11) is 0. The molecule has 0 spiro atoms. The predicted octanol–water partition coefficient (Wildman–Crippen LogP) is 5.60. The van der Waals surface area contributed by atoms with E-state index in [4.69, 9.17) is 0 Å². The zero-order valence-electron chi connectivity index (χ0n) is 28.3. The molecule has 0 aliphatic heterocycles. The van der Waals surface area contributed by atoms with E-state index >= 15 is 0 Å². The molecule has 0 heterocycles. The van der Waals surface area contributed by atoms with Gasteiger partial charge in [-0.1, -0.05) is 75.9 Å². The molecule has 0 radical (unpaired) electrons. The molecule has 1 atom stereocenters. The first-order valence-electron chi connectivity index (χ1n) is 15.7. The summed E-state index contributed by atoms with van der Waals surface area (Å²) in [5.41, 5.74) is 11.9. The zero-order valence-corrected chi connectivity index (χ0v) is 32.3. The maximum absolute atomic E-state index is 3.15. The van der Waals surface area contributed by atoms with Crippen molar-refractivity contribution < 1.29 is 49.0 Å². The van der Waals surface area contributed by atoms with Crippen molar-refractivity contribution >= 4 is 35.9 Å². The van der Waals surface area contributed by atoms with E-state index in [1.54, 1.807) is 0 Å². The van der Waals surface area contributed by atoms with Gasteiger partial charge < -0.3 is 24.8 Å². The minimum absolute atomic E-state index is 0. The molecule has 0 saturated heterocycles. The monoisotopic (exact) mass is 710 g/mol. The second-order valence-electron chi connectivity index (χ2n) is 14.1. The van der Waals surface area contributed by atoms with Crippen molar-refractivity contribution in [2.75, 3.05) is 0 Å². The van der Waals surface area contributed by atoms with Gasteiger partial charge in [-0.25, -0.2) is 11.6 Å². The molecule has 3 heteroatoms. The first-order chi connectivity index (χ1) is 20.3. The summed E-state index contributed by atoms with van der Waals surface area (Å²) in [4.78, 5) is 0. The van der Waals surface area contributed by atoms with Gasteiger partial charge in [0.15, 0.2) is 0 Å². The molecule has 3 aliphatic rings. The quantitative estimate of drug-likeness (QED) is 0.226. The van der Waals surface area contributed by atoms with Gasteiger partial charge >= 0.3 is 70.3 Å². The van der Waals surface area contributed by atoms with Crippen molar-refractivity contribution in [1.82, 2.24) is 0 Å². The van der Waals surface area contributed by atoms with E-state index in [0.717, 1.165) is 12.8 Å². The molecular formula is C42H46Cl2Zr-2. The summed E-state index contributed by atoms with van der Waals surface area (Å²) in [5, 5.41) is 5.61. The summed E-state index contributed by atoms with van der Waals surface area (Å²) >= 11 is 1.51. The number of benzene rings is 3. The first-order valence-corrected chi connectivity index (χ1v) is 16.9. The SMILES string of the molecule is CC1=CC(C)[C-]=C1.CC1=CCC(C)(C)c2cc3[cH-]c4cc5c(cc4c3cc21)C(C)=CCC5(C)C.C[C](=[Zr+2])c1ccccc1.[Cl-].[Cl-]. The summed E-state index contributed by atoms with van der Waals surface area (Å²) in [5.74, 6) is 0.556. The largest absolute Gasteiger partial charge is 1.00 e. The van der Waals surface area contributed by atoms with Crippen LogP contribution in [-0.2, 0) is 35.1 Å². The van der Waals surface area contributed by atoms with Crippen LogP contribution in [0.25, 0.3) is 32.7 Å². The maximum Gasteiger partial charge on any atom is -1.00 e. The van der Waals surface area contributed by atoms with E-state index in [1.807, 2.05) is 12.1 Å². The van der Waals surface area contributed by atoms with Crippen LogP contribution in [0, 0.1) is 12.0 Å². The fourth-order valence-electron chi connectivity index (χ4n) is 6.58. The van der Waals surface area contributed by atoms with Crippen molar-refractivity contribution in [1.29, 1.82) is 0 Å². The van der Waals surface area contributed by atoms with Gasteiger partial charge in [0, 0.05) is 0 Å². The van der Waals surface area contributed by atoms with Crippen molar-refractivity contribution in [2.45, 2.75) is 86.0 Å². The van der Waals surface area contributed by atoms with Crippen LogP contribution < -0.4 is 24.8 Å². The molecule has 7 rings (SSSR count). The number of rotatable bonds is 1. The standard InChI is InChI=1S/C27H29.C8H8.C7H9.2ClH.Zr/c1-16-7-9-26(3,4)24-12-18-11-19-13-25-21(17(2)8-10-27(25,5)6)15-23(19)22(18)14-20(16)24;1-2-8-6-4-3-5-7-8;1-6-3-4-7(2)5-6;;;/h7-8,11-15H,9-10H2,1-6H3;3-7H,1H3;3,5,7H,1-2H3;2*1H;/q-1;;-1;;;+2/p-2. The summed E-state index contributed by atoms with van der Waals surface area (Å²) in [6.07, 6.45) is 14.5. The average Bonchev–Trinajstić information content (AvgIpc) is 3.53. The van der Waals surface area contributed by atoms with Crippen LogP contribution in [0.2, 0.25) is 0 Å². The van der Waals surface area contributed by atoms with Gasteiger partial charge in [0.2, 0.25) is 0 Å². The normalized spacial score (nSPS) is 18.4. The van der Waals surface area contributed by atoms with Gasteiger partial charge in [0.05, 0.1) is 0 Å². The predicted molar refractivity (Wildman–Crippen MR) is 187 cm³/mol. The molecule has 0 amide bonds. The van der Waals surface area contributed by atoms with E-state index in [-0.39, 0.29) is 35.6 Å². The molecular weight excluding hydrogens is 667 g/mol. The smallest absolute Gasteiger partial charge is 1.00 e. The van der Waals surface area contributed by atoms with Crippen molar-refractivity contribution in [3.8, 4) is 0 Å². The molecule has 4 aromatic rings. The van der Waals surface area contributed by atoms with E-state index in [1.165, 1.54) is 93.5 Å². The maximum atomic E-state index is 3.15. The Morgan fingerprint density at radius 3 is 1.58 bits per heavy atom. The van der Waals surface area contributed by atoms with Crippen LogP contribution in [0.4, 0.5) is 0 Å². The van der Waals surface area contributed by atoms with Crippen LogP contribution in [-0.4, -0.2) is 3.21 Å². The summed E-state index contributed by atoms with van der Waals surface area (Å²) < 4.78 is 1.46. The summed E-state index contributed by atoms with van der Waals surface area (Å²) in [6, 6.07) is 22.7. The van der Waals surface area contributed by atoms with Crippen LogP contribution in [0.1, 0.15) is 103 Å². The first kappa shape index (κ1) is 37.3. The van der Waals surface area contributed by atoms with Crippen molar-refractivity contribution in [2.24, 2.45) is 5.92 Å². The minimum atomic E-state index is 0. The Labute approximate surface area is 299 Å². The minimum Gasteiger partial charge on any atom is -1.00 e. The zero-order chi connectivity index (χ0) is 31.1. The van der Waals surface area contributed by atoms with E-state index < -0.39 is 0 Å². The molecule has 3 aliphatic carbocycles. The van der Waals surface area contributed by atoms with Crippen molar-refractivity contribution in [3.63, 3.8) is 0 Å². The van der Waals surface area contributed by atoms with Gasteiger partial charge in [-0.2, -0.15) is 6.08 Å². The fourth-order valence-corrected chi connectivity index (χ4v) is 6.99. The van der Waals surface area contributed by atoms with E-state index in [9.17, 15) is 0 Å². The molecule has 0 nitrogen and oxygen atoms in total. The van der Waals surface area contributed by atoms with Crippen molar-refractivity contribution in [3.05, 3.63) is 124 Å². The van der Waals surface area contributed by atoms with Gasteiger partial charge in [0.25, 0.3) is 0 Å². The van der Waals surface area contributed by atoms with Gasteiger partial charge in [-0.3, -0.25) is 6.08 Å². The molecule has 0 fully saturated rings. The Bertz CT molecular complexity index is 1730. The third-order valence-corrected chi connectivity index (χ3v) is 10.1. The molecule has 234 valence electrons. The number of allylic oxidation sites excluding steroid dienone is 8. The van der Waals surface area contributed by atoms with E-state index in [0.29, 0.717) is 5.92 Å².